The van der Waals surface area contributed by atoms with E-state index in [-0.39, 0.29) is 6.04 Å². The number of halogens is 1. The predicted molar refractivity (Wildman–Crippen MR) is 78.4 cm³/mol. The van der Waals surface area contributed by atoms with Crippen molar-refractivity contribution in [2.75, 3.05) is 6.54 Å². The number of rotatable bonds is 5. The molecule has 96 valence electrons. The zero-order valence-corrected chi connectivity index (χ0v) is 12.2. The molecular weight excluding hydrogens is 264 g/mol. The van der Waals surface area contributed by atoms with Crippen molar-refractivity contribution in [3.8, 4) is 0 Å². The molecule has 1 unspecified atom stereocenters. The van der Waals surface area contributed by atoms with Crippen molar-refractivity contribution in [2.24, 2.45) is 0 Å². The maximum Gasteiger partial charge on any atom is 0.0931 e. The first kappa shape index (κ1) is 13.5. The van der Waals surface area contributed by atoms with Crippen molar-refractivity contribution >= 4 is 22.9 Å². The molecule has 2 aromatic heterocycles. The van der Waals surface area contributed by atoms with Crippen molar-refractivity contribution in [1.82, 2.24) is 10.3 Å². The molecule has 0 amide bonds. The first-order valence-electron chi connectivity index (χ1n) is 6.11. The van der Waals surface area contributed by atoms with Crippen molar-refractivity contribution in [2.45, 2.75) is 26.3 Å². The van der Waals surface area contributed by atoms with E-state index in [1.54, 1.807) is 11.3 Å². The smallest absolute Gasteiger partial charge is 0.0931 e. The van der Waals surface area contributed by atoms with Crippen LogP contribution < -0.4 is 5.32 Å². The van der Waals surface area contributed by atoms with Crippen LogP contribution in [0.2, 0.25) is 4.34 Å². The van der Waals surface area contributed by atoms with E-state index in [1.807, 2.05) is 18.5 Å². The Balaban J connectivity index is 2.33. The second kappa shape index (κ2) is 6.32. The minimum absolute atomic E-state index is 0.213. The van der Waals surface area contributed by atoms with Gasteiger partial charge in [0.2, 0.25) is 0 Å². The van der Waals surface area contributed by atoms with Crippen molar-refractivity contribution < 1.29 is 0 Å². The normalized spacial score (nSPS) is 12.6. The monoisotopic (exact) mass is 280 g/mol. The van der Waals surface area contributed by atoms with Gasteiger partial charge in [0.25, 0.3) is 0 Å². The van der Waals surface area contributed by atoms with Gasteiger partial charge in [-0.05, 0) is 49.2 Å². The molecule has 0 saturated heterocycles. The van der Waals surface area contributed by atoms with Gasteiger partial charge in [0.15, 0.2) is 0 Å². The Morgan fingerprint density at radius 1 is 1.39 bits per heavy atom. The van der Waals surface area contributed by atoms with Crippen LogP contribution in [0.15, 0.2) is 30.6 Å². The Morgan fingerprint density at radius 2 is 2.22 bits per heavy atom. The Bertz CT molecular complexity index is 510. The SMILES string of the molecule is CCCNC(c1ccc(Cl)s1)c1ccncc1C. The molecule has 0 aliphatic rings. The molecule has 0 aromatic carbocycles. The van der Waals surface area contributed by atoms with Crippen LogP contribution in [0, 0.1) is 6.92 Å². The zero-order chi connectivity index (χ0) is 13.0. The van der Waals surface area contributed by atoms with E-state index in [9.17, 15) is 0 Å². The Labute approximate surface area is 117 Å². The lowest BCUT2D eigenvalue weighted by Gasteiger charge is -2.19. The summed E-state index contributed by atoms with van der Waals surface area (Å²) in [6, 6.07) is 6.35. The summed E-state index contributed by atoms with van der Waals surface area (Å²) < 4.78 is 0.833. The van der Waals surface area contributed by atoms with Gasteiger partial charge in [-0.25, -0.2) is 0 Å². The molecule has 1 atom stereocenters. The van der Waals surface area contributed by atoms with Gasteiger partial charge in [-0.2, -0.15) is 0 Å². The second-order valence-corrected chi connectivity index (χ2v) is 6.01. The number of pyridine rings is 1. The lowest BCUT2D eigenvalue weighted by Crippen LogP contribution is -2.23. The molecule has 0 aliphatic heterocycles. The third-order valence-electron chi connectivity index (χ3n) is 2.85. The largest absolute Gasteiger partial charge is 0.306 e. The third-order valence-corrected chi connectivity index (χ3v) is 4.15. The molecule has 0 bridgehead atoms. The summed E-state index contributed by atoms with van der Waals surface area (Å²) in [5.41, 5.74) is 2.48. The first-order valence-corrected chi connectivity index (χ1v) is 7.31. The van der Waals surface area contributed by atoms with Crippen LogP contribution in [0.3, 0.4) is 0 Å². The van der Waals surface area contributed by atoms with E-state index in [1.165, 1.54) is 16.0 Å². The zero-order valence-electron chi connectivity index (χ0n) is 10.6. The average molecular weight is 281 g/mol. The van der Waals surface area contributed by atoms with Crippen molar-refractivity contribution in [3.63, 3.8) is 0 Å². The van der Waals surface area contributed by atoms with E-state index in [0.29, 0.717) is 0 Å². The lowest BCUT2D eigenvalue weighted by molar-refractivity contribution is 0.603. The predicted octanol–water partition coefficient (Wildman–Crippen LogP) is 4.19. The molecule has 0 fully saturated rings. The molecule has 1 N–H and O–H groups in total. The number of nitrogens with zero attached hydrogens (tertiary/aromatic N) is 1. The highest BCUT2D eigenvalue weighted by Crippen LogP contribution is 2.32. The van der Waals surface area contributed by atoms with Gasteiger partial charge in [0.1, 0.15) is 0 Å². The molecule has 0 spiro atoms. The highest BCUT2D eigenvalue weighted by Gasteiger charge is 2.17. The molecular formula is C14H17ClN2S. The molecule has 18 heavy (non-hydrogen) atoms. The van der Waals surface area contributed by atoms with E-state index in [4.69, 9.17) is 11.6 Å². The minimum Gasteiger partial charge on any atom is -0.306 e. The average Bonchev–Trinajstić information content (AvgIpc) is 2.78. The molecule has 4 heteroatoms. The second-order valence-electron chi connectivity index (χ2n) is 4.26. The van der Waals surface area contributed by atoms with Gasteiger partial charge in [0.05, 0.1) is 10.4 Å². The summed E-state index contributed by atoms with van der Waals surface area (Å²) in [6.07, 6.45) is 4.86. The fourth-order valence-electron chi connectivity index (χ4n) is 1.94. The number of thiophene rings is 1. The summed E-state index contributed by atoms with van der Waals surface area (Å²) in [6.45, 7) is 5.25. The molecule has 2 nitrogen and oxygen atoms in total. The van der Waals surface area contributed by atoms with E-state index < -0.39 is 0 Å². The molecule has 2 aromatic rings. The number of aromatic nitrogens is 1. The van der Waals surface area contributed by atoms with E-state index >= 15 is 0 Å². The number of aryl methyl sites for hydroxylation is 1. The Hall–Kier alpha value is -0.900. The van der Waals surface area contributed by atoms with Crippen molar-refractivity contribution in [1.29, 1.82) is 0 Å². The number of hydrogen-bond donors (Lipinski definition) is 1. The molecule has 0 radical (unpaired) electrons. The maximum atomic E-state index is 6.04. The van der Waals surface area contributed by atoms with E-state index in [2.05, 4.69) is 36.3 Å². The van der Waals surface area contributed by atoms with Crippen LogP contribution in [0.25, 0.3) is 0 Å². The molecule has 2 rings (SSSR count). The Kier molecular flexibility index (Phi) is 4.75. The quantitative estimate of drug-likeness (QED) is 0.888. The molecule has 2 heterocycles. The standard InChI is InChI=1S/C14H17ClN2S/c1-3-7-17-14(12-4-5-13(15)18-12)11-6-8-16-9-10(11)2/h4-6,8-9,14,17H,3,7H2,1-2H3. The topological polar surface area (TPSA) is 24.9 Å². The van der Waals surface area contributed by atoms with Gasteiger partial charge in [-0.3, -0.25) is 4.98 Å². The van der Waals surface area contributed by atoms with Crippen molar-refractivity contribution in [3.05, 3.63) is 50.9 Å². The number of nitrogens with one attached hydrogen (secondary N) is 1. The highest BCUT2D eigenvalue weighted by molar-refractivity contribution is 7.16. The number of hydrogen-bond acceptors (Lipinski definition) is 3. The molecule has 0 saturated carbocycles. The summed E-state index contributed by atoms with van der Waals surface area (Å²) >= 11 is 7.68. The van der Waals surface area contributed by atoms with Crippen LogP contribution in [0.5, 0.6) is 0 Å². The summed E-state index contributed by atoms with van der Waals surface area (Å²) in [5, 5.41) is 3.58. The third kappa shape index (κ3) is 3.10. The van der Waals surface area contributed by atoms with Crippen LogP contribution in [0.4, 0.5) is 0 Å². The van der Waals surface area contributed by atoms with Gasteiger partial charge in [-0.1, -0.05) is 18.5 Å². The Morgan fingerprint density at radius 3 is 2.83 bits per heavy atom. The summed E-state index contributed by atoms with van der Waals surface area (Å²) in [4.78, 5) is 5.41. The van der Waals surface area contributed by atoms with Crippen LogP contribution in [-0.2, 0) is 0 Å². The molecule has 0 aliphatic carbocycles. The van der Waals surface area contributed by atoms with E-state index in [0.717, 1.165) is 17.3 Å². The van der Waals surface area contributed by atoms with Crippen LogP contribution >= 0.6 is 22.9 Å². The minimum atomic E-state index is 0.213. The van der Waals surface area contributed by atoms with Crippen LogP contribution in [-0.4, -0.2) is 11.5 Å². The van der Waals surface area contributed by atoms with Gasteiger partial charge < -0.3 is 5.32 Å². The fraction of sp³-hybridized carbons (Fsp3) is 0.357. The summed E-state index contributed by atoms with van der Waals surface area (Å²) in [7, 11) is 0. The van der Waals surface area contributed by atoms with Gasteiger partial charge >= 0.3 is 0 Å². The van der Waals surface area contributed by atoms with Crippen LogP contribution in [0.1, 0.15) is 35.4 Å². The highest BCUT2D eigenvalue weighted by atomic mass is 35.5. The fourth-order valence-corrected chi connectivity index (χ4v) is 3.10. The van der Waals surface area contributed by atoms with Gasteiger partial charge in [-0.15, -0.1) is 11.3 Å². The maximum absolute atomic E-state index is 6.04. The first-order chi connectivity index (χ1) is 8.72. The lowest BCUT2D eigenvalue weighted by atomic mass is 10.0. The van der Waals surface area contributed by atoms with Gasteiger partial charge in [0, 0.05) is 17.3 Å². The summed E-state index contributed by atoms with van der Waals surface area (Å²) in [5.74, 6) is 0.